The Hall–Kier alpha value is -3.16. The van der Waals surface area contributed by atoms with Crippen LogP contribution in [-0.2, 0) is 23.9 Å². The number of ketones is 1. The predicted octanol–water partition coefficient (Wildman–Crippen LogP) is -0.175. The number of ether oxygens (including phenoxy) is 1. The maximum absolute atomic E-state index is 12.6. The molecular weight excluding hydrogens is 326 g/mol. The van der Waals surface area contributed by atoms with E-state index in [-0.39, 0.29) is 17.7 Å². The number of hydrogen-bond donors (Lipinski definition) is 2. The van der Waals surface area contributed by atoms with Crippen LogP contribution in [0.5, 0.6) is 0 Å². The fraction of sp³-hybridized carbons (Fsp3) is 0.294. The number of fused-ring (bicyclic) bond motifs is 1. The number of piperazine rings is 1. The lowest BCUT2D eigenvalue weighted by Crippen LogP contribution is -2.57. The standard InChI is InChI=1S/C17H17N3O5/c1-25-17(24)13-12(21)9-11(20-8-7-18-16(23)14(13)20)15(22)19-10-5-3-2-4-6-10/h2-6,11H,7-9H2,1H3,(H,18,23)(H,19,22)/t11-/m0/s1. The molecule has 3 rings (SSSR count). The largest absolute Gasteiger partial charge is 0.465 e. The van der Waals surface area contributed by atoms with E-state index in [2.05, 4.69) is 15.4 Å². The molecule has 8 nitrogen and oxygen atoms in total. The molecule has 2 heterocycles. The van der Waals surface area contributed by atoms with Crippen molar-refractivity contribution >= 4 is 29.3 Å². The maximum atomic E-state index is 12.6. The number of para-hydroxylation sites is 1. The Balaban J connectivity index is 1.94. The summed E-state index contributed by atoms with van der Waals surface area (Å²) in [5.41, 5.74) is 0.191. The second-order valence-corrected chi connectivity index (χ2v) is 5.66. The van der Waals surface area contributed by atoms with Gasteiger partial charge in [0.1, 0.15) is 17.3 Å². The number of carbonyl (C=O) groups is 4. The Morgan fingerprint density at radius 1 is 1.24 bits per heavy atom. The van der Waals surface area contributed by atoms with Gasteiger partial charge in [0.2, 0.25) is 5.91 Å². The van der Waals surface area contributed by atoms with Crippen LogP contribution in [0.25, 0.3) is 0 Å². The van der Waals surface area contributed by atoms with Gasteiger partial charge in [0.05, 0.1) is 7.11 Å². The van der Waals surface area contributed by atoms with Crippen molar-refractivity contribution in [2.75, 3.05) is 25.5 Å². The number of nitrogens with zero attached hydrogens (tertiary/aromatic N) is 1. The second kappa shape index (κ2) is 6.76. The van der Waals surface area contributed by atoms with Crippen LogP contribution >= 0.6 is 0 Å². The van der Waals surface area contributed by atoms with Crippen LogP contribution in [0.3, 0.4) is 0 Å². The van der Waals surface area contributed by atoms with Crippen LogP contribution in [0, 0.1) is 0 Å². The third-order valence-electron chi connectivity index (χ3n) is 4.14. The van der Waals surface area contributed by atoms with Crippen LogP contribution in [0.1, 0.15) is 6.42 Å². The average molecular weight is 343 g/mol. The van der Waals surface area contributed by atoms with Gasteiger partial charge in [-0.05, 0) is 12.1 Å². The predicted molar refractivity (Wildman–Crippen MR) is 87.2 cm³/mol. The molecule has 25 heavy (non-hydrogen) atoms. The van der Waals surface area contributed by atoms with E-state index < -0.39 is 29.6 Å². The van der Waals surface area contributed by atoms with Crippen molar-refractivity contribution in [1.29, 1.82) is 0 Å². The highest BCUT2D eigenvalue weighted by atomic mass is 16.5. The zero-order valence-electron chi connectivity index (χ0n) is 13.6. The van der Waals surface area contributed by atoms with Crippen LogP contribution in [-0.4, -0.2) is 54.7 Å². The van der Waals surface area contributed by atoms with Gasteiger partial charge in [-0.2, -0.15) is 0 Å². The fourth-order valence-corrected chi connectivity index (χ4v) is 3.00. The summed E-state index contributed by atoms with van der Waals surface area (Å²) in [7, 11) is 1.14. The summed E-state index contributed by atoms with van der Waals surface area (Å²) in [5.74, 6) is -2.42. The molecule has 2 N–H and O–H groups in total. The molecule has 1 atom stereocenters. The molecule has 0 unspecified atom stereocenters. The quantitative estimate of drug-likeness (QED) is 0.583. The molecule has 0 saturated carbocycles. The highest BCUT2D eigenvalue weighted by Gasteiger charge is 2.44. The summed E-state index contributed by atoms with van der Waals surface area (Å²) in [6.45, 7) is 0.641. The summed E-state index contributed by atoms with van der Waals surface area (Å²) < 4.78 is 4.62. The number of methoxy groups -OCH3 is 1. The highest BCUT2D eigenvalue weighted by Crippen LogP contribution is 2.28. The normalized spacial score (nSPS) is 19.9. The van der Waals surface area contributed by atoms with Crippen molar-refractivity contribution in [2.45, 2.75) is 12.5 Å². The lowest BCUT2D eigenvalue weighted by Gasteiger charge is -2.40. The van der Waals surface area contributed by atoms with E-state index in [4.69, 9.17) is 0 Å². The minimum Gasteiger partial charge on any atom is -0.465 e. The number of anilines is 1. The van der Waals surface area contributed by atoms with E-state index in [1.54, 1.807) is 24.3 Å². The molecule has 130 valence electrons. The number of esters is 1. The molecule has 0 bridgehead atoms. The van der Waals surface area contributed by atoms with Gasteiger partial charge in [0.25, 0.3) is 5.91 Å². The number of carbonyl (C=O) groups excluding carboxylic acids is 4. The number of Topliss-reactive ketones (excluding diaryl/α,β-unsaturated/α-hetero) is 1. The van der Waals surface area contributed by atoms with Crippen molar-refractivity contribution in [3.63, 3.8) is 0 Å². The molecule has 0 aliphatic carbocycles. The molecule has 2 amide bonds. The first-order valence-electron chi connectivity index (χ1n) is 7.79. The van der Waals surface area contributed by atoms with Gasteiger partial charge in [-0.1, -0.05) is 18.2 Å². The molecule has 1 aromatic rings. The lowest BCUT2D eigenvalue weighted by molar-refractivity contribution is -0.141. The molecule has 1 saturated heterocycles. The summed E-state index contributed by atoms with van der Waals surface area (Å²) in [6, 6.07) is 7.96. The van der Waals surface area contributed by atoms with Crippen molar-refractivity contribution in [3.05, 3.63) is 41.6 Å². The maximum Gasteiger partial charge on any atom is 0.343 e. The summed E-state index contributed by atoms with van der Waals surface area (Å²) in [5, 5.41) is 5.32. The molecule has 1 aromatic carbocycles. The van der Waals surface area contributed by atoms with Gasteiger partial charge >= 0.3 is 5.97 Å². The third kappa shape index (κ3) is 3.10. The van der Waals surface area contributed by atoms with Gasteiger partial charge in [0, 0.05) is 25.2 Å². The highest BCUT2D eigenvalue weighted by molar-refractivity contribution is 6.24. The molecule has 0 radical (unpaired) electrons. The number of benzene rings is 1. The van der Waals surface area contributed by atoms with Gasteiger partial charge in [0.15, 0.2) is 5.78 Å². The van der Waals surface area contributed by atoms with E-state index in [0.29, 0.717) is 18.8 Å². The van der Waals surface area contributed by atoms with Gasteiger partial charge in [-0.15, -0.1) is 0 Å². The summed E-state index contributed by atoms with van der Waals surface area (Å²) in [4.78, 5) is 50.7. The van der Waals surface area contributed by atoms with E-state index in [1.165, 1.54) is 4.90 Å². The zero-order valence-corrected chi connectivity index (χ0v) is 13.6. The molecule has 2 aliphatic rings. The molecule has 8 heteroatoms. The Bertz CT molecular complexity index is 772. The van der Waals surface area contributed by atoms with E-state index >= 15 is 0 Å². The van der Waals surface area contributed by atoms with E-state index in [1.807, 2.05) is 6.07 Å². The number of hydrogen-bond acceptors (Lipinski definition) is 6. The molecule has 1 fully saturated rings. The smallest absolute Gasteiger partial charge is 0.343 e. The first-order valence-corrected chi connectivity index (χ1v) is 7.79. The number of amides is 2. The minimum atomic E-state index is -0.871. The molecular formula is C17H17N3O5. The van der Waals surface area contributed by atoms with Crippen molar-refractivity contribution < 1.29 is 23.9 Å². The van der Waals surface area contributed by atoms with Gasteiger partial charge < -0.3 is 20.3 Å². The monoisotopic (exact) mass is 343 g/mol. The number of nitrogens with one attached hydrogen (secondary N) is 2. The van der Waals surface area contributed by atoms with E-state index in [0.717, 1.165) is 7.11 Å². The SMILES string of the molecule is COC(=O)C1=C2C(=O)NCCN2[C@H](C(=O)Nc2ccccc2)CC1=O. The number of rotatable bonds is 3. The first kappa shape index (κ1) is 16.7. The first-order chi connectivity index (χ1) is 12.0. The average Bonchev–Trinajstić information content (AvgIpc) is 2.62. The summed E-state index contributed by atoms with van der Waals surface area (Å²) >= 11 is 0. The molecule has 0 aromatic heterocycles. The van der Waals surface area contributed by atoms with Crippen LogP contribution in [0.15, 0.2) is 41.6 Å². The van der Waals surface area contributed by atoms with Crippen LogP contribution in [0.2, 0.25) is 0 Å². The zero-order chi connectivity index (χ0) is 18.0. The van der Waals surface area contributed by atoms with Gasteiger partial charge in [-0.3, -0.25) is 14.4 Å². The second-order valence-electron chi connectivity index (χ2n) is 5.66. The fourth-order valence-electron chi connectivity index (χ4n) is 3.00. The lowest BCUT2D eigenvalue weighted by atomic mass is 9.92. The van der Waals surface area contributed by atoms with Crippen molar-refractivity contribution in [2.24, 2.45) is 0 Å². The Morgan fingerprint density at radius 2 is 1.96 bits per heavy atom. The third-order valence-corrected chi connectivity index (χ3v) is 4.14. The van der Waals surface area contributed by atoms with Crippen molar-refractivity contribution in [1.82, 2.24) is 10.2 Å². The molecule has 0 spiro atoms. The van der Waals surface area contributed by atoms with Crippen LogP contribution < -0.4 is 10.6 Å². The molecule has 2 aliphatic heterocycles. The van der Waals surface area contributed by atoms with Crippen LogP contribution in [0.4, 0.5) is 5.69 Å². The Kier molecular flexibility index (Phi) is 4.51. The Morgan fingerprint density at radius 3 is 2.64 bits per heavy atom. The van der Waals surface area contributed by atoms with Crippen molar-refractivity contribution in [3.8, 4) is 0 Å². The van der Waals surface area contributed by atoms with Gasteiger partial charge in [-0.25, -0.2) is 4.79 Å². The minimum absolute atomic E-state index is 0.0949. The topological polar surface area (TPSA) is 105 Å². The Labute approximate surface area is 143 Å². The summed E-state index contributed by atoms with van der Waals surface area (Å²) in [6.07, 6.45) is -0.195. The van der Waals surface area contributed by atoms with E-state index in [9.17, 15) is 19.2 Å².